The quantitative estimate of drug-likeness (QED) is 0.358. The first-order valence-electron chi connectivity index (χ1n) is 12.1. The number of methoxy groups -OCH3 is 3. The lowest BCUT2D eigenvalue weighted by atomic mass is 9.86. The van der Waals surface area contributed by atoms with Gasteiger partial charge in [-0.1, -0.05) is 12.1 Å². The van der Waals surface area contributed by atoms with Crippen molar-refractivity contribution in [1.82, 2.24) is 9.88 Å². The minimum Gasteiger partial charge on any atom is -0.497 e. The number of benzene rings is 3. The third-order valence-corrected chi connectivity index (χ3v) is 7.33. The Morgan fingerprint density at radius 1 is 0.865 bits per heavy atom. The van der Waals surface area contributed by atoms with E-state index in [1.807, 2.05) is 60.7 Å². The number of likely N-dealkylation sites (tertiary alicyclic amines) is 1. The molecule has 1 aromatic heterocycles. The van der Waals surface area contributed by atoms with Gasteiger partial charge in [-0.15, -0.1) is 0 Å². The number of ether oxygens (including phenoxy) is 3. The molecule has 2 amide bonds. The van der Waals surface area contributed by atoms with Gasteiger partial charge >= 0.3 is 0 Å². The van der Waals surface area contributed by atoms with Crippen molar-refractivity contribution in [3.63, 3.8) is 0 Å². The van der Waals surface area contributed by atoms with E-state index in [9.17, 15) is 9.59 Å². The number of hydrogen-bond acceptors (Lipinski definition) is 6. The normalized spacial score (nSPS) is 18.4. The Kier molecular flexibility index (Phi) is 5.52. The monoisotopic (exact) mass is 497 g/mol. The average Bonchev–Trinajstić information content (AvgIpc) is 3.41. The molecule has 1 fully saturated rings. The molecule has 2 unspecified atom stereocenters. The number of nitrogens with one attached hydrogen (secondary N) is 2. The van der Waals surface area contributed by atoms with Crippen LogP contribution in [-0.4, -0.2) is 43.0 Å². The van der Waals surface area contributed by atoms with Crippen LogP contribution in [0.2, 0.25) is 0 Å². The molecule has 188 valence electrons. The molecule has 8 heteroatoms. The van der Waals surface area contributed by atoms with E-state index in [0.717, 1.165) is 50.5 Å². The van der Waals surface area contributed by atoms with Crippen LogP contribution in [0.25, 0.3) is 10.9 Å². The Hall–Kier alpha value is -4.46. The number of hydrogen-bond donors (Lipinski definition) is 2. The number of rotatable bonds is 7. The lowest BCUT2D eigenvalue weighted by molar-refractivity contribution is -0.139. The first-order valence-corrected chi connectivity index (χ1v) is 12.1. The third kappa shape index (κ3) is 3.76. The van der Waals surface area contributed by atoms with Gasteiger partial charge in [0.25, 0.3) is 0 Å². The van der Waals surface area contributed by atoms with Gasteiger partial charge in [0, 0.05) is 34.3 Å². The number of carbonyl (C=O) groups is 2. The van der Waals surface area contributed by atoms with E-state index < -0.39 is 5.92 Å². The summed E-state index contributed by atoms with van der Waals surface area (Å²) < 4.78 is 16.1. The summed E-state index contributed by atoms with van der Waals surface area (Å²) in [6.07, 6.45) is 0.115. The van der Waals surface area contributed by atoms with Gasteiger partial charge < -0.3 is 24.5 Å². The van der Waals surface area contributed by atoms with Crippen LogP contribution in [0.5, 0.6) is 17.2 Å². The molecule has 2 N–H and O–H groups in total. The van der Waals surface area contributed by atoms with Crippen molar-refractivity contribution in [1.29, 1.82) is 0 Å². The predicted molar refractivity (Wildman–Crippen MR) is 139 cm³/mol. The van der Waals surface area contributed by atoms with Gasteiger partial charge in [0.05, 0.1) is 39.8 Å². The van der Waals surface area contributed by atoms with Gasteiger partial charge in [-0.25, -0.2) is 0 Å². The Labute approximate surface area is 214 Å². The largest absolute Gasteiger partial charge is 0.497 e. The number of aromatic amines is 1. The van der Waals surface area contributed by atoms with E-state index in [1.54, 1.807) is 21.3 Å². The summed E-state index contributed by atoms with van der Waals surface area (Å²) in [6, 6.07) is 18.9. The minimum absolute atomic E-state index is 0.115. The molecule has 0 spiro atoms. The maximum absolute atomic E-state index is 13.8. The van der Waals surface area contributed by atoms with E-state index in [4.69, 9.17) is 14.2 Å². The number of carbonyl (C=O) groups excluding carboxylic acids is 2. The molecular formula is C29H27N3O5. The summed E-state index contributed by atoms with van der Waals surface area (Å²) in [4.78, 5) is 31.8. The van der Waals surface area contributed by atoms with Crippen LogP contribution < -0.4 is 19.5 Å². The highest BCUT2D eigenvalue weighted by molar-refractivity contribution is 6.08. The summed E-state index contributed by atoms with van der Waals surface area (Å²) in [7, 11) is 4.86. The predicted octanol–water partition coefficient (Wildman–Crippen LogP) is 4.75. The standard InChI is InChI=1S/C29H27N3O5/c1-35-17-6-4-16(5-7-17)15-32-25(33)14-22(29(32)34)26-20-12-18(36-2)8-10-23(20)31-28(26)27-21-13-19(37-3)9-11-24(21)30-27/h4-13,22,27,30-31H,14-15H2,1-3H3. The van der Waals surface area contributed by atoms with E-state index >= 15 is 0 Å². The zero-order valence-electron chi connectivity index (χ0n) is 20.8. The molecule has 2 aliphatic heterocycles. The Morgan fingerprint density at radius 2 is 1.54 bits per heavy atom. The summed E-state index contributed by atoms with van der Waals surface area (Å²) in [5.41, 5.74) is 5.55. The fraction of sp³-hybridized carbons (Fsp3) is 0.241. The molecule has 8 nitrogen and oxygen atoms in total. The van der Waals surface area contributed by atoms with Crippen LogP contribution in [0.15, 0.2) is 60.7 Å². The molecule has 37 heavy (non-hydrogen) atoms. The highest BCUT2D eigenvalue weighted by Gasteiger charge is 2.43. The smallest absolute Gasteiger partial charge is 0.237 e. The van der Waals surface area contributed by atoms with Crippen molar-refractivity contribution >= 4 is 28.4 Å². The average molecular weight is 498 g/mol. The summed E-state index contributed by atoms with van der Waals surface area (Å²) in [5, 5.41) is 4.37. The number of fused-ring (bicyclic) bond motifs is 2. The van der Waals surface area contributed by atoms with Crippen LogP contribution in [0.4, 0.5) is 5.69 Å². The Balaban J connectivity index is 1.40. The van der Waals surface area contributed by atoms with Gasteiger partial charge in [-0.2, -0.15) is 0 Å². The number of anilines is 1. The van der Waals surface area contributed by atoms with Gasteiger partial charge in [0.1, 0.15) is 17.2 Å². The van der Waals surface area contributed by atoms with E-state index in [2.05, 4.69) is 10.3 Å². The minimum atomic E-state index is -0.599. The van der Waals surface area contributed by atoms with Crippen molar-refractivity contribution in [3.8, 4) is 17.2 Å². The molecular weight excluding hydrogens is 470 g/mol. The molecule has 0 saturated carbocycles. The molecule has 0 radical (unpaired) electrons. The lowest BCUT2D eigenvalue weighted by Gasteiger charge is -2.33. The van der Waals surface area contributed by atoms with Crippen LogP contribution in [0.3, 0.4) is 0 Å². The summed E-state index contributed by atoms with van der Waals surface area (Å²) >= 11 is 0. The topological polar surface area (TPSA) is 92.9 Å². The molecule has 0 bridgehead atoms. The van der Waals surface area contributed by atoms with Crippen molar-refractivity contribution in [2.24, 2.45) is 0 Å². The number of amides is 2. The number of nitrogens with zero attached hydrogens (tertiary/aromatic N) is 1. The highest BCUT2D eigenvalue weighted by Crippen LogP contribution is 2.48. The molecule has 4 aromatic rings. The van der Waals surface area contributed by atoms with Gasteiger partial charge in [0.2, 0.25) is 11.8 Å². The summed E-state index contributed by atoms with van der Waals surface area (Å²) in [5.74, 6) is 1.20. The van der Waals surface area contributed by atoms with Gasteiger partial charge in [0.15, 0.2) is 0 Å². The maximum atomic E-state index is 13.8. The van der Waals surface area contributed by atoms with Gasteiger partial charge in [-0.3, -0.25) is 14.5 Å². The third-order valence-electron chi connectivity index (χ3n) is 7.33. The number of aromatic nitrogens is 1. The second kappa shape index (κ2) is 8.89. The van der Waals surface area contributed by atoms with Crippen molar-refractivity contribution in [2.75, 3.05) is 26.6 Å². The number of imide groups is 1. The lowest BCUT2D eigenvalue weighted by Crippen LogP contribution is -2.30. The maximum Gasteiger partial charge on any atom is 0.237 e. The molecule has 2 atom stereocenters. The van der Waals surface area contributed by atoms with E-state index in [1.165, 1.54) is 4.90 Å². The van der Waals surface area contributed by atoms with Crippen molar-refractivity contribution < 1.29 is 23.8 Å². The van der Waals surface area contributed by atoms with Crippen LogP contribution in [0.1, 0.15) is 40.8 Å². The first kappa shape index (κ1) is 23.0. The molecule has 3 heterocycles. The molecule has 6 rings (SSSR count). The highest BCUT2D eigenvalue weighted by atomic mass is 16.5. The molecule has 3 aromatic carbocycles. The van der Waals surface area contributed by atoms with Gasteiger partial charge in [-0.05, 0) is 59.7 Å². The van der Waals surface area contributed by atoms with Crippen molar-refractivity contribution in [3.05, 3.63) is 83.0 Å². The van der Waals surface area contributed by atoms with E-state index in [-0.39, 0.29) is 30.8 Å². The SMILES string of the molecule is COc1ccc(CN2C(=O)CC(c3c(C4Nc5ccc(OC)cc54)[nH]c4ccc(OC)cc34)C2=O)cc1. The van der Waals surface area contributed by atoms with Crippen LogP contribution in [-0.2, 0) is 16.1 Å². The summed E-state index contributed by atoms with van der Waals surface area (Å²) in [6.45, 7) is 0.223. The molecule has 0 aliphatic carbocycles. The zero-order chi connectivity index (χ0) is 25.7. The second-order valence-corrected chi connectivity index (χ2v) is 9.32. The molecule has 1 saturated heterocycles. The Bertz CT molecular complexity index is 1520. The fourth-order valence-corrected chi connectivity index (χ4v) is 5.35. The van der Waals surface area contributed by atoms with Crippen LogP contribution in [0, 0.1) is 0 Å². The zero-order valence-corrected chi connectivity index (χ0v) is 20.8. The Morgan fingerprint density at radius 3 is 2.27 bits per heavy atom. The van der Waals surface area contributed by atoms with Crippen LogP contribution >= 0.6 is 0 Å². The first-order chi connectivity index (χ1) is 18.0. The van der Waals surface area contributed by atoms with E-state index in [0.29, 0.717) is 5.75 Å². The number of H-pyrrole nitrogens is 1. The fourth-order valence-electron chi connectivity index (χ4n) is 5.35. The second-order valence-electron chi connectivity index (χ2n) is 9.32. The molecule has 2 aliphatic rings. The van der Waals surface area contributed by atoms with Crippen molar-refractivity contribution in [2.45, 2.75) is 24.9 Å².